The second-order valence-electron chi connectivity index (χ2n) is 7.25. The normalized spacial score (nSPS) is 14.9. The Labute approximate surface area is 183 Å². The number of ether oxygens (including phenoxy) is 1. The SMILES string of the molecule is COCCN1C(=O)c2cc(C(=O)Nc3ccccc3F)ccc2C1Nc1ccccc1F. The van der Waals surface area contributed by atoms with E-state index in [1.54, 1.807) is 36.4 Å². The molecule has 1 aliphatic rings. The fourth-order valence-electron chi connectivity index (χ4n) is 3.62. The minimum absolute atomic E-state index is 0.0464. The lowest BCUT2D eigenvalue weighted by Crippen LogP contribution is -2.35. The molecule has 1 atom stereocenters. The molecular weight excluding hydrogens is 416 g/mol. The first-order valence-electron chi connectivity index (χ1n) is 10.0. The van der Waals surface area contributed by atoms with E-state index in [4.69, 9.17) is 4.74 Å². The quantitative estimate of drug-likeness (QED) is 0.574. The third kappa shape index (κ3) is 4.17. The van der Waals surface area contributed by atoms with Gasteiger partial charge in [-0.25, -0.2) is 8.78 Å². The minimum Gasteiger partial charge on any atom is -0.383 e. The number of anilines is 2. The van der Waals surface area contributed by atoms with Crippen LogP contribution in [-0.4, -0.2) is 37.0 Å². The summed E-state index contributed by atoms with van der Waals surface area (Å²) >= 11 is 0. The number of nitrogens with zero attached hydrogens (tertiary/aromatic N) is 1. The smallest absolute Gasteiger partial charge is 0.256 e. The highest BCUT2D eigenvalue weighted by Crippen LogP contribution is 2.35. The maximum absolute atomic E-state index is 14.2. The first-order chi connectivity index (χ1) is 15.5. The van der Waals surface area contributed by atoms with Crippen molar-refractivity contribution in [3.8, 4) is 0 Å². The molecular formula is C24H21F2N3O3. The first kappa shape index (κ1) is 21.5. The molecule has 164 valence electrons. The van der Waals surface area contributed by atoms with Crippen molar-refractivity contribution in [3.63, 3.8) is 0 Å². The molecule has 0 radical (unpaired) electrons. The van der Waals surface area contributed by atoms with E-state index in [-0.39, 0.29) is 36.0 Å². The second kappa shape index (κ2) is 9.15. The van der Waals surface area contributed by atoms with E-state index < -0.39 is 23.7 Å². The fourth-order valence-corrected chi connectivity index (χ4v) is 3.62. The first-order valence-corrected chi connectivity index (χ1v) is 10.0. The van der Waals surface area contributed by atoms with Crippen molar-refractivity contribution < 1.29 is 23.1 Å². The van der Waals surface area contributed by atoms with Gasteiger partial charge in [0.25, 0.3) is 11.8 Å². The molecule has 0 spiro atoms. The van der Waals surface area contributed by atoms with Gasteiger partial charge in [0.15, 0.2) is 0 Å². The summed E-state index contributed by atoms with van der Waals surface area (Å²) in [6.45, 7) is 0.558. The van der Waals surface area contributed by atoms with E-state index >= 15 is 0 Å². The van der Waals surface area contributed by atoms with Crippen LogP contribution in [0.1, 0.15) is 32.4 Å². The van der Waals surface area contributed by atoms with Gasteiger partial charge in [0, 0.05) is 30.3 Å². The van der Waals surface area contributed by atoms with Gasteiger partial charge in [-0.1, -0.05) is 30.3 Å². The monoisotopic (exact) mass is 437 g/mol. The van der Waals surface area contributed by atoms with Crippen LogP contribution in [-0.2, 0) is 4.74 Å². The highest BCUT2D eigenvalue weighted by molar-refractivity contribution is 6.07. The van der Waals surface area contributed by atoms with Crippen molar-refractivity contribution >= 4 is 23.2 Å². The highest BCUT2D eigenvalue weighted by Gasteiger charge is 2.37. The lowest BCUT2D eigenvalue weighted by Gasteiger charge is -2.27. The molecule has 1 heterocycles. The van der Waals surface area contributed by atoms with E-state index in [1.807, 2.05) is 0 Å². The largest absolute Gasteiger partial charge is 0.383 e. The van der Waals surface area contributed by atoms with E-state index in [9.17, 15) is 18.4 Å². The number of methoxy groups -OCH3 is 1. The number of carbonyl (C=O) groups is 2. The van der Waals surface area contributed by atoms with Crippen LogP contribution in [0.3, 0.4) is 0 Å². The molecule has 3 aromatic carbocycles. The van der Waals surface area contributed by atoms with Crippen molar-refractivity contribution in [2.75, 3.05) is 30.9 Å². The van der Waals surface area contributed by atoms with Gasteiger partial charge in [0.2, 0.25) is 0 Å². The lowest BCUT2D eigenvalue weighted by atomic mass is 10.0. The van der Waals surface area contributed by atoms with Crippen molar-refractivity contribution in [1.29, 1.82) is 0 Å². The summed E-state index contributed by atoms with van der Waals surface area (Å²) in [4.78, 5) is 27.3. The standard InChI is InChI=1S/C24H21F2N3O3/c1-32-13-12-29-22(27-20-8-4-2-6-18(20)25)16-11-10-15(14-17(16)24(29)31)23(30)28-21-9-5-3-7-19(21)26/h2-11,14,22,27H,12-13H2,1H3,(H,28,30). The predicted octanol–water partition coefficient (Wildman–Crippen LogP) is 4.43. The Morgan fingerprint density at radius 3 is 2.31 bits per heavy atom. The maximum atomic E-state index is 14.2. The van der Waals surface area contributed by atoms with E-state index in [0.29, 0.717) is 11.1 Å². The minimum atomic E-state index is -0.631. The molecule has 32 heavy (non-hydrogen) atoms. The Morgan fingerprint density at radius 1 is 1.00 bits per heavy atom. The molecule has 0 aliphatic carbocycles. The fraction of sp³-hybridized carbons (Fsp3) is 0.167. The highest BCUT2D eigenvalue weighted by atomic mass is 19.1. The van der Waals surface area contributed by atoms with E-state index in [2.05, 4.69) is 10.6 Å². The van der Waals surface area contributed by atoms with Gasteiger partial charge < -0.3 is 20.3 Å². The number of nitrogens with one attached hydrogen (secondary N) is 2. The number of rotatable bonds is 7. The molecule has 4 rings (SSSR count). The van der Waals surface area contributed by atoms with E-state index in [0.717, 1.165) is 0 Å². The Bertz CT molecular complexity index is 1170. The van der Waals surface area contributed by atoms with Gasteiger partial charge in [-0.2, -0.15) is 0 Å². The summed E-state index contributed by atoms with van der Waals surface area (Å²) in [5.74, 6) is -1.86. The molecule has 3 aromatic rings. The van der Waals surface area contributed by atoms with Crippen molar-refractivity contribution in [1.82, 2.24) is 4.90 Å². The average Bonchev–Trinajstić information content (AvgIpc) is 3.05. The van der Waals surface area contributed by atoms with Crippen LogP contribution in [0.5, 0.6) is 0 Å². The van der Waals surface area contributed by atoms with Gasteiger partial charge in [0.05, 0.1) is 18.0 Å². The number of fused-ring (bicyclic) bond motifs is 1. The second-order valence-corrected chi connectivity index (χ2v) is 7.25. The number of amides is 2. The molecule has 2 N–H and O–H groups in total. The summed E-state index contributed by atoms with van der Waals surface area (Å²) in [6.07, 6.45) is -0.631. The Morgan fingerprint density at radius 2 is 1.66 bits per heavy atom. The zero-order valence-corrected chi connectivity index (χ0v) is 17.3. The molecule has 8 heteroatoms. The molecule has 6 nitrogen and oxygen atoms in total. The third-order valence-electron chi connectivity index (χ3n) is 5.24. The van der Waals surface area contributed by atoms with Crippen LogP contribution in [0.4, 0.5) is 20.2 Å². The van der Waals surface area contributed by atoms with Gasteiger partial charge in [-0.05, 0) is 36.4 Å². The van der Waals surface area contributed by atoms with Crippen molar-refractivity contribution in [3.05, 3.63) is 95.1 Å². The molecule has 0 saturated carbocycles. The summed E-state index contributed by atoms with van der Waals surface area (Å²) in [7, 11) is 1.53. The van der Waals surface area contributed by atoms with Crippen LogP contribution in [0.2, 0.25) is 0 Å². The zero-order chi connectivity index (χ0) is 22.7. The predicted molar refractivity (Wildman–Crippen MR) is 116 cm³/mol. The van der Waals surface area contributed by atoms with Crippen molar-refractivity contribution in [2.24, 2.45) is 0 Å². The molecule has 2 amide bonds. The molecule has 0 saturated heterocycles. The summed E-state index contributed by atoms with van der Waals surface area (Å²) < 4.78 is 33.2. The molecule has 1 aliphatic heterocycles. The molecule has 0 bridgehead atoms. The van der Waals surface area contributed by atoms with Crippen LogP contribution >= 0.6 is 0 Å². The van der Waals surface area contributed by atoms with Gasteiger partial charge in [-0.15, -0.1) is 0 Å². The number of carbonyl (C=O) groups excluding carboxylic acids is 2. The molecule has 0 fully saturated rings. The number of benzene rings is 3. The molecule has 1 unspecified atom stereocenters. The molecule has 0 aromatic heterocycles. The van der Waals surface area contributed by atoms with Crippen LogP contribution in [0.15, 0.2) is 66.7 Å². The Kier molecular flexibility index (Phi) is 6.13. The van der Waals surface area contributed by atoms with Gasteiger partial charge >= 0.3 is 0 Å². The number of hydrogen-bond donors (Lipinski definition) is 2. The average molecular weight is 437 g/mol. The third-order valence-corrected chi connectivity index (χ3v) is 5.24. The van der Waals surface area contributed by atoms with Gasteiger partial charge in [-0.3, -0.25) is 9.59 Å². The maximum Gasteiger partial charge on any atom is 0.256 e. The Hall–Kier alpha value is -3.78. The van der Waals surface area contributed by atoms with Crippen LogP contribution in [0.25, 0.3) is 0 Å². The summed E-state index contributed by atoms with van der Waals surface area (Å²) in [5, 5.41) is 5.59. The van der Waals surface area contributed by atoms with Crippen molar-refractivity contribution in [2.45, 2.75) is 6.17 Å². The Balaban J connectivity index is 1.64. The lowest BCUT2D eigenvalue weighted by molar-refractivity contribution is 0.0674. The number of halogens is 2. The van der Waals surface area contributed by atoms with Crippen LogP contribution in [0, 0.1) is 11.6 Å². The topological polar surface area (TPSA) is 70.7 Å². The van der Waals surface area contributed by atoms with Gasteiger partial charge in [0.1, 0.15) is 17.8 Å². The summed E-state index contributed by atoms with van der Waals surface area (Å²) in [6, 6.07) is 16.7. The van der Waals surface area contributed by atoms with Crippen LogP contribution < -0.4 is 10.6 Å². The number of hydrogen-bond acceptors (Lipinski definition) is 4. The number of para-hydroxylation sites is 2. The zero-order valence-electron chi connectivity index (χ0n) is 17.3. The summed E-state index contributed by atoms with van der Waals surface area (Å²) in [5.41, 5.74) is 1.43. The van der Waals surface area contributed by atoms with E-state index in [1.165, 1.54) is 42.3 Å².